The minimum atomic E-state index is -0.747. The van der Waals surface area contributed by atoms with Crippen molar-refractivity contribution in [3.63, 3.8) is 0 Å². The van der Waals surface area contributed by atoms with E-state index >= 15 is 0 Å². The van der Waals surface area contributed by atoms with Crippen LogP contribution in [0.5, 0.6) is 5.75 Å². The number of benzene rings is 1. The lowest BCUT2D eigenvalue weighted by Gasteiger charge is -2.10. The quantitative estimate of drug-likeness (QED) is 0.620. The molecule has 26 heavy (non-hydrogen) atoms. The molecule has 0 aliphatic carbocycles. The monoisotopic (exact) mass is 361 g/mol. The van der Waals surface area contributed by atoms with Crippen LogP contribution in [0.4, 0.5) is 4.39 Å². The third kappa shape index (κ3) is 3.41. The number of hydrogen-bond donors (Lipinski definition) is 0. The number of carbonyl (C=O) groups excluding carboxylic acids is 1. The van der Waals surface area contributed by atoms with Gasteiger partial charge in [-0.05, 0) is 38.1 Å². The summed E-state index contributed by atoms with van der Waals surface area (Å²) in [6.45, 7) is 3.75. The highest BCUT2D eigenvalue weighted by atomic mass is 19.1. The zero-order valence-corrected chi connectivity index (χ0v) is 14.2. The molecule has 0 fully saturated rings. The van der Waals surface area contributed by atoms with Gasteiger partial charge in [0.15, 0.2) is 0 Å². The van der Waals surface area contributed by atoms with Crippen molar-refractivity contribution in [2.75, 3.05) is 13.2 Å². The molecule has 0 saturated carbocycles. The Morgan fingerprint density at radius 3 is 2.73 bits per heavy atom. The van der Waals surface area contributed by atoms with Crippen molar-refractivity contribution in [3.8, 4) is 5.75 Å². The highest BCUT2D eigenvalue weighted by Gasteiger charge is 2.23. The van der Waals surface area contributed by atoms with Gasteiger partial charge in [-0.2, -0.15) is 4.98 Å². The third-order valence-electron chi connectivity index (χ3n) is 3.65. The van der Waals surface area contributed by atoms with Crippen LogP contribution >= 0.6 is 0 Å². The minimum Gasteiger partial charge on any atom is -0.492 e. The molecule has 136 valence electrons. The fourth-order valence-corrected chi connectivity index (χ4v) is 2.43. The van der Waals surface area contributed by atoms with Gasteiger partial charge in [0, 0.05) is 0 Å². The standard InChI is InChI=1S/C17H16FN3O5/c1-3-24-17(23)14-13-15(26-20-14)19-10(2)21(16(13)22)8-9-25-12-6-4-11(18)5-7-12/h4-7H,3,8-9H2,1-2H3. The van der Waals surface area contributed by atoms with Crippen LogP contribution in [-0.4, -0.2) is 33.9 Å². The number of halogens is 1. The number of fused-ring (bicyclic) bond motifs is 1. The lowest BCUT2D eigenvalue weighted by Crippen LogP contribution is -2.27. The maximum absolute atomic E-state index is 12.9. The van der Waals surface area contributed by atoms with Gasteiger partial charge in [-0.25, -0.2) is 9.18 Å². The maximum atomic E-state index is 12.9. The topological polar surface area (TPSA) is 96.5 Å². The summed E-state index contributed by atoms with van der Waals surface area (Å²) < 4.78 is 29.6. The molecule has 2 aromatic heterocycles. The van der Waals surface area contributed by atoms with E-state index in [9.17, 15) is 14.0 Å². The largest absolute Gasteiger partial charge is 0.492 e. The molecule has 0 atom stereocenters. The zero-order chi connectivity index (χ0) is 18.7. The Kier molecular flexibility index (Phi) is 4.97. The molecule has 0 N–H and O–H groups in total. The summed E-state index contributed by atoms with van der Waals surface area (Å²) in [5.41, 5.74) is -0.696. The van der Waals surface area contributed by atoms with E-state index in [1.54, 1.807) is 13.8 Å². The number of aryl methyl sites for hydroxylation is 1. The van der Waals surface area contributed by atoms with Gasteiger partial charge in [-0.1, -0.05) is 5.16 Å². The lowest BCUT2D eigenvalue weighted by atomic mass is 10.3. The van der Waals surface area contributed by atoms with Crippen LogP contribution in [-0.2, 0) is 11.3 Å². The molecule has 0 saturated heterocycles. The molecule has 0 radical (unpaired) electrons. The van der Waals surface area contributed by atoms with E-state index in [-0.39, 0.29) is 42.4 Å². The fourth-order valence-electron chi connectivity index (χ4n) is 2.43. The molecule has 0 amide bonds. The van der Waals surface area contributed by atoms with Gasteiger partial charge in [-0.15, -0.1) is 0 Å². The van der Waals surface area contributed by atoms with Gasteiger partial charge >= 0.3 is 5.97 Å². The predicted octanol–water partition coefficient (Wildman–Crippen LogP) is 2.09. The van der Waals surface area contributed by atoms with Crippen LogP contribution in [0, 0.1) is 12.7 Å². The van der Waals surface area contributed by atoms with Gasteiger partial charge in [-0.3, -0.25) is 9.36 Å². The van der Waals surface area contributed by atoms with E-state index in [2.05, 4.69) is 10.1 Å². The summed E-state index contributed by atoms with van der Waals surface area (Å²) in [7, 11) is 0. The van der Waals surface area contributed by atoms with Gasteiger partial charge < -0.3 is 14.0 Å². The number of nitrogens with zero attached hydrogens (tertiary/aromatic N) is 3. The third-order valence-corrected chi connectivity index (χ3v) is 3.65. The molecule has 3 rings (SSSR count). The van der Waals surface area contributed by atoms with Crippen molar-refractivity contribution in [2.24, 2.45) is 0 Å². The van der Waals surface area contributed by atoms with Crippen molar-refractivity contribution in [1.29, 1.82) is 0 Å². The van der Waals surface area contributed by atoms with E-state index in [0.29, 0.717) is 11.6 Å². The summed E-state index contributed by atoms with van der Waals surface area (Å²) in [5.74, 6) is -0.249. The number of hydrogen-bond acceptors (Lipinski definition) is 7. The maximum Gasteiger partial charge on any atom is 0.361 e. The van der Waals surface area contributed by atoms with Crippen molar-refractivity contribution >= 4 is 17.1 Å². The summed E-state index contributed by atoms with van der Waals surface area (Å²) in [4.78, 5) is 28.8. The predicted molar refractivity (Wildman–Crippen MR) is 88.7 cm³/mol. The number of rotatable bonds is 6. The first-order chi connectivity index (χ1) is 12.5. The fraction of sp³-hybridized carbons (Fsp3) is 0.294. The average Bonchev–Trinajstić information content (AvgIpc) is 3.03. The normalized spacial score (nSPS) is 10.9. The molecule has 0 unspecified atom stereocenters. The number of aromatic nitrogens is 3. The first kappa shape index (κ1) is 17.6. The first-order valence-corrected chi connectivity index (χ1v) is 7.93. The van der Waals surface area contributed by atoms with Gasteiger partial charge in [0.2, 0.25) is 5.69 Å². The smallest absolute Gasteiger partial charge is 0.361 e. The van der Waals surface area contributed by atoms with E-state index in [4.69, 9.17) is 14.0 Å². The molecule has 0 aliphatic heterocycles. The van der Waals surface area contributed by atoms with Crippen molar-refractivity contribution in [3.05, 3.63) is 52.0 Å². The second-order valence-electron chi connectivity index (χ2n) is 5.35. The van der Waals surface area contributed by atoms with Crippen molar-refractivity contribution in [2.45, 2.75) is 20.4 Å². The summed E-state index contributed by atoms with van der Waals surface area (Å²) >= 11 is 0. The second-order valence-corrected chi connectivity index (χ2v) is 5.35. The summed E-state index contributed by atoms with van der Waals surface area (Å²) in [6, 6.07) is 5.54. The van der Waals surface area contributed by atoms with Crippen molar-refractivity contribution in [1.82, 2.24) is 14.7 Å². The van der Waals surface area contributed by atoms with Crippen LogP contribution in [0.3, 0.4) is 0 Å². The zero-order valence-electron chi connectivity index (χ0n) is 14.2. The van der Waals surface area contributed by atoms with Crippen LogP contribution in [0.1, 0.15) is 23.2 Å². The van der Waals surface area contributed by atoms with Crippen LogP contribution in [0.25, 0.3) is 11.1 Å². The number of ether oxygens (including phenoxy) is 2. The molecule has 8 nitrogen and oxygen atoms in total. The Labute approximate surface area is 147 Å². The molecule has 0 bridgehead atoms. The molecule has 3 aromatic rings. The Morgan fingerprint density at radius 2 is 2.04 bits per heavy atom. The molecule has 0 aliphatic rings. The second kappa shape index (κ2) is 7.34. The Morgan fingerprint density at radius 1 is 1.31 bits per heavy atom. The highest BCUT2D eigenvalue weighted by molar-refractivity contribution is 5.99. The summed E-state index contributed by atoms with van der Waals surface area (Å²) in [5, 5.41) is 3.57. The van der Waals surface area contributed by atoms with Gasteiger partial charge in [0.1, 0.15) is 29.4 Å². The van der Waals surface area contributed by atoms with E-state index in [0.717, 1.165) is 0 Å². The highest BCUT2D eigenvalue weighted by Crippen LogP contribution is 2.15. The Balaban J connectivity index is 1.85. The average molecular weight is 361 g/mol. The first-order valence-electron chi connectivity index (χ1n) is 7.93. The van der Waals surface area contributed by atoms with E-state index in [1.165, 1.54) is 28.8 Å². The summed E-state index contributed by atoms with van der Waals surface area (Å²) in [6.07, 6.45) is 0. The molecular weight excluding hydrogens is 345 g/mol. The van der Waals surface area contributed by atoms with Gasteiger partial charge in [0.05, 0.1) is 13.2 Å². The molecule has 2 heterocycles. The van der Waals surface area contributed by atoms with Crippen LogP contribution in [0.15, 0.2) is 33.6 Å². The van der Waals surface area contributed by atoms with Crippen LogP contribution in [0.2, 0.25) is 0 Å². The molecule has 1 aromatic carbocycles. The lowest BCUT2D eigenvalue weighted by molar-refractivity contribution is 0.0516. The van der Waals surface area contributed by atoms with Crippen LogP contribution < -0.4 is 10.3 Å². The molecule has 9 heteroatoms. The Hall–Kier alpha value is -3.23. The molecule has 0 spiro atoms. The van der Waals surface area contributed by atoms with E-state index < -0.39 is 11.5 Å². The number of carbonyl (C=O) groups is 1. The van der Waals surface area contributed by atoms with E-state index in [1.807, 2.05) is 0 Å². The van der Waals surface area contributed by atoms with Crippen molar-refractivity contribution < 1.29 is 23.2 Å². The minimum absolute atomic E-state index is 0.0220. The van der Waals surface area contributed by atoms with Gasteiger partial charge in [0.25, 0.3) is 11.3 Å². The number of esters is 1. The Bertz CT molecular complexity index is 994. The molecular formula is C17H16FN3O5. The SMILES string of the molecule is CCOC(=O)c1noc2nc(C)n(CCOc3ccc(F)cc3)c(=O)c12.